The third-order valence-corrected chi connectivity index (χ3v) is 4.28. The van der Waals surface area contributed by atoms with Gasteiger partial charge in [-0.05, 0) is 49.4 Å². The molecule has 0 radical (unpaired) electrons. The molecule has 0 aliphatic heterocycles. The van der Waals surface area contributed by atoms with Crippen LogP contribution >= 0.6 is 0 Å². The Balaban J connectivity index is 2.13. The van der Waals surface area contributed by atoms with Crippen molar-refractivity contribution in [1.82, 2.24) is 9.13 Å². The first-order chi connectivity index (χ1) is 12.2. The lowest BCUT2D eigenvalue weighted by molar-refractivity contribution is 0.101. The molecule has 0 bridgehead atoms. The van der Waals surface area contributed by atoms with Crippen LogP contribution in [0.4, 0.5) is 0 Å². The van der Waals surface area contributed by atoms with Gasteiger partial charge in [0.2, 0.25) is 0 Å². The number of hydrogen-bond donors (Lipinski definition) is 0. The molecule has 0 saturated carbocycles. The Bertz CT molecular complexity index is 1120. The summed E-state index contributed by atoms with van der Waals surface area (Å²) in [7, 11) is 0. The minimum absolute atomic E-state index is 0.0265. The molecule has 0 N–H and O–H groups in total. The highest BCUT2D eigenvalue weighted by Crippen LogP contribution is 2.22. The summed E-state index contributed by atoms with van der Waals surface area (Å²) in [6, 6.07) is 24.4. The number of Topliss-reactive ketones (excluding diaryl/α,β-unsaturated/α-hetero) is 1. The molecule has 0 atom stereocenters. The van der Waals surface area contributed by atoms with E-state index >= 15 is 0 Å². The molecule has 0 aliphatic carbocycles. The molecule has 0 amide bonds. The number of aromatic nitrogens is 2. The number of fused-ring (bicyclic) bond motifs is 1. The normalized spacial score (nSPS) is 10.9. The summed E-state index contributed by atoms with van der Waals surface area (Å²) in [4.78, 5) is 25.0. The second-order valence-electron chi connectivity index (χ2n) is 5.88. The van der Waals surface area contributed by atoms with Gasteiger partial charge >= 0.3 is 5.69 Å². The maximum Gasteiger partial charge on any atom is 0.338 e. The Labute approximate surface area is 144 Å². The Hall–Kier alpha value is -3.40. The van der Waals surface area contributed by atoms with Gasteiger partial charge in [0.15, 0.2) is 5.78 Å². The van der Waals surface area contributed by atoms with Crippen molar-refractivity contribution in [3.63, 3.8) is 0 Å². The van der Waals surface area contributed by atoms with Gasteiger partial charge < -0.3 is 0 Å². The van der Waals surface area contributed by atoms with Gasteiger partial charge in [0.25, 0.3) is 0 Å². The van der Waals surface area contributed by atoms with Crippen LogP contribution in [0.15, 0.2) is 83.7 Å². The van der Waals surface area contributed by atoms with Crippen LogP contribution < -0.4 is 5.69 Å². The van der Waals surface area contributed by atoms with Gasteiger partial charge in [0.05, 0.1) is 22.4 Å². The number of ketones is 1. The first kappa shape index (κ1) is 15.1. The molecule has 122 valence electrons. The molecule has 1 heterocycles. The van der Waals surface area contributed by atoms with Crippen LogP contribution in [0.25, 0.3) is 22.4 Å². The summed E-state index contributed by atoms with van der Waals surface area (Å²) in [5.74, 6) is -0.0265. The maximum atomic E-state index is 13.2. The maximum absolute atomic E-state index is 13.2. The number of carbonyl (C=O) groups excluding carboxylic acids is 1. The van der Waals surface area contributed by atoms with E-state index in [9.17, 15) is 9.59 Å². The van der Waals surface area contributed by atoms with Crippen molar-refractivity contribution >= 4 is 16.8 Å². The standard InChI is InChI=1S/C21H16N2O2/c1-15(24)16-12-13-19-20(14-16)23(18-10-6-3-7-11-18)21(25)22(19)17-8-4-2-5-9-17/h2-14H,1H3. The third-order valence-electron chi connectivity index (χ3n) is 4.28. The van der Waals surface area contributed by atoms with Crippen molar-refractivity contribution in [1.29, 1.82) is 0 Å². The third kappa shape index (κ3) is 2.48. The van der Waals surface area contributed by atoms with Gasteiger partial charge in [0, 0.05) is 5.56 Å². The van der Waals surface area contributed by atoms with Crippen LogP contribution in [-0.2, 0) is 0 Å². The Kier molecular flexibility index (Phi) is 3.58. The summed E-state index contributed by atoms with van der Waals surface area (Å²) in [5, 5.41) is 0. The van der Waals surface area contributed by atoms with E-state index in [1.54, 1.807) is 21.3 Å². The Morgan fingerprint density at radius 2 is 1.24 bits per heavy atom. The van der Waals surface area contributed by atoms with Gasteiger partial charge in [-0.25, -0.2) is 4.79 Å². The van der Waals surface area contributed by atoms with Crippen molar-refractivity contribution in [3.05, 3.63) is 94.9 Å². The average Bonchev–Trinajstić information content (AvgIpc) is 2.94. The van der Waals surface area contributed by atoms with Crippen molar-refractivity contribution in [3.8, 4) is 11.4 Å². The van der Waals surface area contributed by atoms with Crippen molar-refractivity contribution in [2.24, 2.45) is 0 Å². The van der Waals surface area contributed by atoms with E-state index in [4.69, 9.17) is 0 Å². The first-order valence-electron chi connectivity index (χ1n) is 8.06. The van der Waals surface area contributed by atoms with E-state index in [1.165, 1.54) is 6.92 Å². The summed E-state index contributed by atoms with van der Waals surface area (Å²) in [5.41, 5.74) is 3.48. The zero-order valence-electron chi connectivity index (χ0n) is 13.7. The molecule has 4 rings (SSSR count). The van der Waals surface area contributed by atoms with Gasteiger partial charge in [-0.15, -0.1) is 0 Å². The highest BCUT2D eigenvalue weighted by molar-refractivity contribution is 5.97. The van der Waals surface area contributed by atoms with E-state index in [-0.39, 0.29) is 11.5 Å². The molecule has 25 heavy (non-hydrogen) atoms. The molecule has 0 saturated heterocycles. The molecule has 4 nitrogen and oxygen atoms in total. The first-order valence-corrected chi connectivity index (χ1v) is 8.06. The molecule has 3 aromatic carbocycles. The second-order valence-corrected chi connectivity index (χ2v) is 5.88. The fourth-order valence-electron chi connectivity index (χ4n) is 3.07. The summed E-state index contributed by atoms with van der Waals surface area (Å²) >= 11 is 0. The molecule has 0 fully saturated rings. The van der Waals surface area contributed by atoms with Crippen LogP contribution in [-0.4, -0.2) is 14.9 Å². The quantitative estimate of drug-likeness (QED) is 0.534. The molecule has 0 spiro atoms. The van der Waals surface area contributed by atoms with E-state index in [0.29, 0.717) is 11.1 Å². The Morgan fingerprint density at radius 1 is 0.720 bits per heavy atom. The van der Waals surface area contributed by atoms with E-state index in [0.717, 1.165) is 16.9 Å². The topological polar surface area (TPSA) is 44.0 Å². The number of benzene rings is 3. The smallest absolute Gasteiger partial charge is 0.295 e. The van der Waals surface area contributed by atoms with Crippen LogP contribution in [0, 0.1) is 0 Å². The number of imidazole rings is 1. The lowest BCUT2D eigenvalue weighted by Crippen LogP contribution is -2.21. The number of hydrogen-bond acceptors (Lipinski definition) is 2. The summed E-state index contributed by atoms with van der Waals surface area (Å²) < 4.78 is 3.32. The van der Waals surface area contributed by atoms with Crippen LogP contribution in [0.2, 0.25) is 0 Å². The van der Waals surface area contributed by atoms with Crippen molar-refractivity contribution in [2.75, 3.05) is 0 Å². The Morgan fingerprint density at radius 3 is 1.76 bits per heavy atom. The largest absolute Gasteiger partial charge is 0.338 e. The van der Waals surface area contributed by atoms with Gasteiger partial charge in [-0.1, -0.05) is 36.4 Å². The minimum atomic E-state index is -0.159. The fraction of sp³-hybridized carbons (Fsp3) is 0.0476. The number of rotatable bonds is 3. The molecule has 4 heteroatoms. The van der Waals surface area contributed by atoms with Gasteiger partial charge in [-0.3, -0.25) is 13.9 Å². The van der Waals surface area contributed by atoms with Crippen molar-refractivity contribution in [2.45, 2.75) is 6.92 Å². The highest BCUT2D eigenvalue weighted by Gasteiger charge is 2.17. The fourth-order valence-corrected chi connectivity index (χ4v) is 3.07. The zero-order chi connectivity index (χ0) is 17.4. The predicted molar refractivity (Wildman–Crippen MR) is 98.9 cm³/mol. The van der Waals surface area contributed by atoms with E-state index in [1.807, 2.05) is 66.7 Å². The van der Waals surface area contributed by atoms with Crippen molar-refractivity contribution < 1.29 is 4.79 Å². The summed E-state index contributed by atoms with van der Waals surface area (Å²) in [6.07, 6.45) is 0. The lowest BCUT2D eigenvalue weighted by Gasteiger charge is -2.03. The number of para-hydroxylation sites is 2. The molecular weight excluding hydrogens is 312 g/mol. The lowest BCUT2D eigenvalue weighted by atomic mass is 10.1. The van der Waals surface area contributed by atoms with Crippen LogP contribution in [0.5, 0.6) is 0 Å². The molecule has 0 unspecified atom stereocenters. The second kappa shape index (κ2) is 5.91. The minimum Gasteiger partial charge on any atom is -0.295 e. The monoisotopic (exact) mass is 328 g/mol. The average molecular weight is 328 g/mol. The number of nitrogens with zero attached hydrogens (tertiary/aromatic N) is 2. The van der Waals surface area contributed by atoms with E-state index in [2.05, 4.69) is 0 Å². The van der Waals surface area contributed by atoms with Crippen LogP contribution in [0.3, 0.4) is 0 Å². The van der Waals surface area contributed by atoms with Gasteiger partial charge in [-0.2, -0.15) is 0 Å². The predicted octanol–water partition coefficient (Wildman–Crippen LogP) is 3.98. The SMILES string of the molecule is CC(=O)c1ccc2c(c1)n(-c1ccccc1)c(=O)n2-c1ccccc1. The number of carbonyl (C=O) groups is 1. The zero-order valence-corrected chi connectivity index (χ0v) is 13.7. The highest BCUT2D eigenvalue weighted by atomic mass is 16.2. The summed E-state index contributed by atoms with van der Waals surface area (Å²) in [6.45, 7) is 1.53. The molecule has 0 aliphatic rings. The molecule has 1 aromatic heterocycles. The van der Waals surface area contributed by atoms with Gasteiger partial charge in [0.1, 0.15) is 0 Å². The van der Waals surface area contributed by atoms with Crippen LogP contribution in [0.1, 0.15) is 17.3 Å². The van der Waals surface area contributed by atoms with E-state index < -0.39 is 0 Å². The molecule has 4 aromatic rings. The molecular formula is C21H16N2O2.